The first kappa shape index (κ1) is 12.5. The average Bonchev–Trinajstić information content (AvgIpc) is 2.65. The molecule has 0 aromatic heterocycles. The summed E-state index contributed by atoms with van der Waals surface area (Å²) >= 11 is 0. The lowest BCUT2D eigenvalue weighted by molar-refractivity contribution is -0.127. The van der Waals surface area contributed by atoms with Crippen molar-refractivity contribution in [3.63, 3.8) is 0 Å². The lowest BCUT2D eigenvalue weighted by Gasteiger charge is -2.19. The highest BCUT2D eigenvalue weighted by atomic mass is 16.2. The molecule has 0 N–H and O–H groups in total. The molecule has 0 spiro atoms. The Kier molecular flexibility index (Phi) is 5.13. The second-order valence-electron chi connectivity index (χ2n) is 4.92. The highest BCUT2D eigenvalue weighted by molar-refractivity contribution is 5.73. The molecule has 2 heteroatoms. The summed E-state index contributed by atoms with van der Waals surface area (Å²) in [5.74, 6) is 1.90. The van der Waals surface area contributed by atoms with Crippen molar-refractivity contribution in [1.29, 1.82) is 0 Å². The van der Waals surface area contributed by atoms with Gasteiger partial charge in [0.15, 0.2) is 0 Å². The van der Waals surface area contributed by atoms with Crippen LogP contribution in [0, 0.1) is 11.8 Å². The molecule has 1 unspecified atom stereocenters. The van der Waals surface area contributed by atoms with Gasteiger partial charge in [0.2, 0.25) is 5.91 Å². The van der Waals surface area contributed by atoms with Gasteiger partial charge in [0.25, 0.3) is 0 Å². The van der Waals surface area contributed by atoms with Crippen molar-refractivity contribution in [3.8, 4) is 0 Å². The average molecular weight is 211 g/mol. The lowest BCUT2D eigenvalue weighted by atomic mass is 9.89. The fourth-order valence-electron chi connectivity index (χ4n) is 2.68. The van der Waals surface area contributed by atoms with Crippen LogP contribution in [0.4, 0.5) is 0 Å². The molecule has 1 fully saturated rings. The minimum Gasteiger partial charge on any atom is -0.343 e. The number of carbonyl (C=O) groups excluding carboxylic acids is 1. The maximum absolute atomic E-state index is 11.2. The van der Waals surface area contributed by atoms with Gasteiger partial charge in [0, 0.05) is 20.0 Å². The third-order valence-corrected chi connectivity index (χ3v) is 3.67. The van der Waals surface area contributed by atoms with E-state index >= 15 is 0 Å². The van der Waals surface area contributed by atoms with E-state index in [2.05, 4.69) is 13.8 Å². The molecule has 2 atom stereocenters. The SMILES string of the molecule is CCCC(CC)C[C@H]1CCN(C(C)=O)C1. The van der Waals surface area contributed by atoms with Crippen molar-refractivity contribution in [3.05, 3.63) is 0 Å². The summed E-state index contributed by atoms with van der Waals surface area (Å²) in [7, 11) is 0. The van der Waals surface area contributed by atoms with Crippen LogP contribution in [-0.4, -0.2) is 23.9 Å². The van der Waals surface area contributed by atoms with E-state index in [1.807, 2.05) is 4.90 Å². The van der Waals surface area contributed by atoms with Crippen molar-refractivity contribution in [2.24, 2.45) is 11.8 Å². The molecule has 0 aromatic carbocycles. The Bertz CT molecular complexity index is 203. The Morgan fingerprint density at radius 2 is 2.20 bits per heavy atom. The van der Waals surface area contributed by atoms with Crippen molar-refractivity contribution >= 4 is 5.91 Å². The summed E-state index contributed by atoms with van der Waals surface area (Å²) in [5.41, 5.74) is 0. The topological polar surface area (TPSA) is 20.3 Å². The van der Waals surface area contributed by atoms with Gasteiger partial charge >= 0.3 is 0 Å². The van der Waals surface area contributed by atoms with Crippen LogP contribution >= 0.6 is 0 Å². The minimum absolute atomic E-state index is 0.251. The van der Waals surface area contributed by atoms with E-state index in [1.165, 1.54) is 32.1 Å². The van der Waals surface area contributed by atoms with Gasteiger partial charge < -0.3 is 4.90 Å². The van der Waals surface area contributed by atoms with E-state index in [1.54, 1.807) is 6.92 Å². The molecular formula is C13H25NO. The molecule has 0 radical (unpaired) electrons. The number of carbonyl (C=O) groups is 1. The van der Waals surface area contributed by atoms with E-state index in [0.717, 1.165) is 24.9 Å². The zero-order chi connectivity index (χ0) is 11.3. The smallest absolute Gasteiger partial charge is 0.219 e. The Morgan fingerprint density at radius 1 is 1.47 bits per heavy atom. The third-order valence-electron chi connectivity index (χ3n) is 3.67. The molecular weight excluding hydrogens is 186 g/mol. The van der Waals surface area contributed by atoms with Crippen LogP contribution in [-0.2, 0) is 4.79 Å². The quantitative estimate of drug-likeness (QED) is 0.684. The van der Waals surface area contributed by atoms with Gasteiger partial charge in [0.1, 0.15) is 0 Å². The van der Waals surface area contributed by atoms with Crippen molar-refractivity contribution < 1.29 is 4.79 Å². The van der Waals surface area contributed by atoms with Gasteiger partial charge in [0.05, 0.1) is 0 Å². The van der Waals surface area contributed by atoms with Crippen LogP contribution in [0.15, 0.2) is 0 Å². The maximum Gasteiger partial charge on any atom is 0.219 e. The molecule has 0 saturated carbocycles. The second-order valence-corrected chi connectivity index (χ2v) is 4.92. The third kappa shape index (κ3) is 3.84. The van der Waals surface area contributed by atoms with Crippen molar-refractivity contribution in [2.75, 3.05) is 13.1 Å². The number of hydrogen-bond donors (Lipinski definition) is 0. The standard InChI is InChI=1S/C13H25NO/c1-4-6-12(5-2)9-13-7-8-14(10-13)11(3)15/h12-13H,4-10H2,1-3H3/t12?,13-/m1/s1. The molecule has 1 saturated heterocycles. The molecule has 1 rings (SSSR count). The molecule has 15 heavy (non-hydrogen) atoms. The summed E-state index contributed by atoms with van der Waals surface area (Å²) in [4.78, 5) is 13.2. The van der Waals surface area contributed by atoms with E-state index in [-0.39, 0.29) is 5.91 Å². The molecule has 2 nitrogen and oxygen atoms in total. The molecule has 0 bridgehead atoms. The van der Waals surface area contributed by atoms with Crippen LogP contribution in [0.5, 0.6) is 0 Å². The molecule has 1 amide bonds. The first-order valence-electron chi connectivity index (χ1n) is 6.42. The maximum atomic E-state index is 11.2. The van der Waals surface area contributed by atoms with E-state index in [9.17, 15) is 4.79 Å². The predicted molar refractivity (Wildman–Crippen MR) is 63.7 cm³/mol. The van der Waals surface area contributed by atoms with E-state index < -0.39 is 0 Å². The second kappa shape index (κ2) is 6.14. The molecule has 0 aliphatic carbocycles. The van der Waals surface area contributed by atoms with Gasteiger partial charge in [-0.25, -0.2) is 0 Å². The zero-order valence-electron chi connectivity index (χ0n) is 10.5. The van der Waals surface area contributed by atoms with Gasteiger partial charge in [-0.3, -0.25) is 4.79 Å². The molecule has 1 aliphatic heterocycles. The highest BCUT2D eigenvalue weighted by Crippen LogP contribution is 2.27. The van der Waals surface area contributed by atoms with Crippen LogP contribution in [0.2, 0.25) is 0 Å². The minimum atomic E-state index is 0.251. The summed E-state index contributed by atoms with van der Waals surface area (Å²) in [6, 6.07) is 0. The van der Waals surface area contributed by atoms with Crippen LogP contribution in [0.25, 0.3) is 0 Å². The zero-order valence-corrected chi connectivity index (χ0v) is 10.5. The number of nitrogens with zero attached hydrogens (tertiary/aromatic N) is 1. The van der Waals surface area contributed by atoms with Crippen LogP contribution < -0.4 is 0 Å². The van der Waals surface area contributed by atoms with Gasteiger partial charge in [-0.05, 0) is 24.7 Å². The summed E-state index contributed by atoms with van der Waals surface area (Å²) < 4.78 is 0. The van der Waals surface area contributed by atoms with Gasteiger partial charge in [-0.15, -0.1) is 0 Å². The number of likely N-dealkylation sites (tertiary alicyclic amines) is 1. The normalized spacial score (nSPS) is 23.1. The predicted octanol–water partition coefficient (Wildman–Crippen LogP) is 3.07. The first-order chi connectivity index (χ1) is 7.17. The fraction of sp³-hybridized carbons (Fsp3) is 0.923. The first-order valence-corrected chi connectivity index (χ1v) is 6.42. The fourth-order valence-corrected chi connectivity index (χ4v) is 2.68. The monoisotopic (exact) mass is 211 g/mol. The number of amides is 1. The number of rotatable bonds is 5. The largest absolute Gasteiger partial charge is 0.343 e. The van der Waals surface area contributed by atoms with Gasteiger partial charge in [-0.2, -0.15) is 0 Å². The van der Waals surface area contributed by atoms with E-state index in [0.29, 0.717) is 0 Å². The highest BCUT2D eigenvalue weighted by Gasteiger charge is 2.25. The van der Waals surface area contributed by atoms with Crippen molar-refractivity contribution in [1.82, 2.24) is 4.90 Å². The molecule has 1 aliphatic rings. The van der Waals surface area contributed by atoms with Crippen molar-refractivity contribution in [2.45, 2.75) is 52.9 Å². The Morgan fingerprint density at radius 3 is 2.67 bits per heavy atom. The van der Waals surface area contributed by atoms with Crippen LogP contribution in [0.3, 0.4) is 0 Å². The Labute approximate surface area is 94.0 Å². The lowest BCUT2D eigenvalue weighted by Crippen LogP contribution is -2.26. The van der Waals surface area contributed by atoms with E-state index in [4.69, 9.17) is 0 Å². The molecule has 1 heterocycles. The van der Waals surface area contributed by atoms with Crippen LogP contribution in [0.1, 0.15) is 52.9 Å². The molecule has 88 valence electrons. The van der Waals surface area contributed by atoms with Gasteiger partial charge in [-0.1, -0.05) is 33.1 Å². The Balaban J connectivity index is 2.30. The summed E-state index contributed by atoms with van der Waals surface area (Å²) in [5, 5.41) is 0. The summed E-state index contributed by atoms with van der Waals surface area (Å²) in [6.45, 7) is 8.24. The summed E-state index contributed by atoms with van der Waals surface area (Å²) in [6.07, 6.45) is 6.49. The number of hydrogen-bond acceptors (Lipinski definition) is 1. The Hall–Kier alpha value is -0.530. The molecule has 0 aromatic rings.